The number of hydrogen-bond acceptors (Lipinski definition) is 7. The first-order valence-corrected chi connectivity index (χ1v) is 7.60. The SMILES string of the molecule is O=C(Cn1cc(COc2ccccc2[N+](=O)[O-])nn1)c1ccc(O)cc1. The van der Waals surface area contributed by atoms with Gasteiger partial charge in [0.25, 0.3) is 0 Å². The van der Waals surface area contributed by atoms with Crippen molar-refractivity contribution in [2.24, 2.45) is 0 Å². The van der Waals surface area contributed by atoms with Gasteiger partial charge in [0.1, 0.15) is 24.6 Å². The van der Waals surface area contributed by atoms with Crippen molar-refractivity contribution in [1.82, 2.24) is 15.0 Å². The Morgan fingerprint density at radius 3 is 2.65 bits per heavy atom. The molecule has 0 radical (unpaired) electrons. The number of rotatable bonds is 7. The molecular weight excluding hydrogens is 340 g/mol. The standard InChI is InChI=1S/C17H14N4O5/c22-14-7-5-12(6-8-14)16(23)10-20-9-13(18-19-20)11-26-17-4-2-1-3-15(17)21(24)25/h1-9,22H,10-11H2. The lowest BCUT2D eigenvalue weighted by atomic mass is 10.1. The topological polar surface area (TPSA) is 120 Å². The Kier molecular flexibility index (Phi) is 4.88. The summed E-state index contributed by atoms with van der Waals surface area (Å²) in [5.74, 6) is 0.0185. The maximum absolute atomic E-state index is 12.2. The van der Waals surface area contributed by atoms with Crippen molar-refractivity contribution in [3.63, 3.8) is 0 Å². The highest BCUT2D eigenvalue weighted by atomic mass is 16.6. The minimum absolute atomic E-state index is 0.0156. The number of aromatic hydroxyl groups is 1. The number of aromatic nitrogens is 3. The lowest BCUT2D eigenvalue weighted by Gasteiger charge is -2.04. The summed E-state index contributed by atoms with van der Waals surface area (Å²) in [7, 11) is 0. The molecule has 0 fully saturated rings. The van der Waals surface area contributed by atoms with E-state index in [2.05, 4.69) is 10.3 Å². The van der Waals surface area contributed by atoms with E-state index in [0.717, 1.165) is 0 Å². The van der Waals surface area contributed by atoms with Gasteiger partial charge in [-0.3, -0.25) is 14.9 Å². The Labute approximate surface area is 147 Å². The van der Waals surface area contributed by atoms with Gasteiger partial charge in [-0.1, -0.05) is 17.3 Å². The fraction of sp³-hybridized carbons (Fsp3) is 0.118. The molecule has 3 aromatic rings. The molecule has 132 valence electrons. The molecule has 26 heavy (non-hydrogen) atoms. The van der Waals surface area contributed by atoms with Crippen LogP contribution in [0.1, 0.15) is 16.1 Å². The van der Waals surface area contributed by atoms with Crippen LogP contribution in [0, 0.1) is 10.1 Å². The van der Waals surface area contributed by atoms with Crippen LogP contribution in [-0.2, 0) is 13.2 Å². The molecule has 9 nitrogen and oxygen atoms in total. The maximum Gasteiger partial charge on any atom is 0.310 e. The second-order valence-electron chi connectivity index (χ2n) is 5.39. The Bertz CT molecular complexity index is 936. The van der Waals surface area contributed by atoms with Crippen LogP contribution < -0.4 is 4.74 Å². The van der Waals surface area contributed by atoms with Crippen LogP contribution >= 0.6 is 0 Å². The van der Waals surface area contributed by atoms with Crippen LogP contribution in [0.15, 0.2) is 54.7 Å². The van der Waals surface area contributed by atoms with Crippen molar-refractivity contribution in [2.75, 3.05) is 0 Å². The molecule has 0 saturated heterocycles. The van der Waals surface area contributed by atoms with Crippen molar-refractivity contribution < 1.29 is 19.6 Å². The molecule has 0 amide bonds. The number of ketones is 1. The molecule has 2 aromatic carbocycles. The predicted octanol–water partition coefficient (Wildman–Crippen LogP) is 2.35. The Hall–Kier alpha value is -3.75. The number of nitro groups is 1. The number of carbonyl (C=O) groups is 1. The van der Waals surface area contributed by atoms with Gasteiger partial charge in [0, 0.05) is 11.6 Å². The highest BCUT2D eigenvalue weighted by molar-refractivity contribution is 5.95. The molecule has 0 aliphatic heterocycles. The quantitative estimate of drug-likeness (QED) is 0.393. The van der Waals surface area contributed by atoms with Crippen molar-refractivity contribution >= 4 is 11.5 Å². The summed E-state index contributed by atoms with van der Waals surface area (Å²) in [6, 6.07) is 11.9. The molecule has 1 aromatic heterocycles. The summed E-state index contributed by atoms with van der Waals surface area (Å²) < 4.78 is 6.78. The first-order valence-electron chi connectivity index (χ1n) is 7.60. The molecular formula is C17H14N4O5. The van der Waals surface area contributed by atoms with Crippen molar-refractivity contribution in [1.29, 1.82) is 0 Å². The average Bonchev–Trinajstić information content (AvgIpc) is 3.08. The molecule has 9 heteroatoms. The fourth-order valence-corrected chi connectivity index (χ4v) is 2.25. The number of nitrogens with zero attached hydrogens (tertiary/aromatic N) is 4. The van der Waals surface area contributed by atoms with Gasteiger partial charge in [0.15, 0.2) is 11.5 Å². The first kappa shape index (κ1) is 17.1. The second-order valence-corrected chi connectivity index (χ2v) is 5.39. The van der Waals surface area contributed by atoms with Gasteiger partial charge >= 0.3 is 5.69 Å². The number of hydrogen-bond donors (Lipinski definition) is 1. The third-order valence-electron chi connectivity index (χ3n) is 3.52. The highest BCUT2D eigenvalue weighted by Crippen LogP contribution is 2.26. The molecule has 0 aliphatic rings. The van der Waals surface area contributed by atoms with Gasteiger partial charge in [-0.25, -0.2) is 4.68 Å². The van der Waals surface area contributed by atoms with Gasteiger partial charge < -0.3 is 9.84 Å². The molecule has 0 aliphatic carbocycles. The Balaban J connectivity index is 1.62. The molecule has 1 heterocycles. The van der Waals surface area contributed by atoms with Crippen LogP contribution in [0.5, 0.6) is 11.5 Å². The van der Waals surface area contributed by atoms with Crippen LogP contribution in [0.2, 0.25) is 0 Å². The third kappa shape index (κ3) is 4.01. The number of Topliss-reactive ketones (excluding diaryl/α,β-unsaturated/α-hetero) is 1. The van der Waals surface area contributed by atoms with E-state index in [1.807, 2.05) is 0 Å². The lowest BCUT2D eigenvalue weighted by Crippen LogP contribution is -2.10. The van der Waals surface area contributed by atoms with E-state index in [1.54, 1.807) is 12.1 Å². The third-order valence-corrected chi connectivity index (χ3v) is 3.52. The molecule has 0 bridgehead atoms. The Morgan fingerprint density at radius 1 is 1.19 bits per heavy atom. The van der Waals surface area contributed by atoms with Gasteiger partial charge in [0.2, 0.25) is 0 Å². The number of carbonyl (C=O) groups excluding carboxylic acids is 1. The van der Waals surface area contributed by atoms with E-state index in [9.17, 15) is 20.0 Å². The normalized spacial score (nSPS) is 10.5. The first-order chi connectivity index (χ1) is 12.5. The van der Waals surface area contributed by atoms with Crippen LogP contribution in [-0.4, -0.2) is 30.8 Å². The maximum atomic E-state index is 12.2. The lowest BCUT2D eigenvalue weighted by molar-refractivity contribution is -0.385. The predicted molar refractivity (Wildman–Crippen MR) is 89.9 cm³/mol. The summed E-state index contributed by atoms with van der Waals surface area (Å²) in [4.78, 5) is 22.6. The number of benzene rings is 2. The molecule has 1 N–H and O–H groups in total. The number of phenols is 1. The fourth-order valence-electron chi connectivity index (χ4n) is 2.25. The van der Waals surface area contributed by atoms with Crippen LogP contribution in [0.3, 0.4) is 0 Å². The number of ether oxygens (including phenoxy) is 1. The minimum atomic E-state index is -0.525. The van der Waals surface area contributed by atoms with E-state index >= 15 is 0 Å². The monoisotopic (exact) mass is 354 g/mol. The Morgan fingerprint density at radius 2 is 1.92 bits per heavy atom. The van der Waals surface area contributed by atoms with Gasteiger partial charge in [-0.2, -0.15) is 0 Å². The number of para-hydroxylation sites is 2. The minimum Gasteiger partial charge on any atom is -0.508 e. The van der Waals surface area contributed by atoms with E-state index < -0.39 is 4.92 Å². The van der Waals surface area contributed by atoms with Crippen molar-refractivity contribution in [3.8, 4) is 11.5 Å². The van der Waals surface area contributed by atoms with Crippen molar-refractivity contribution in [3.05, 3.63) is 76.1 Å². The summed E-state index contributed by atoms with van der Waals surface area (Å²) in [5.41, 5.74) is 0.736. The smallest absolute Gasteiger partial charge is 0.310 e. The highest BCUT2D eigenvalue weighted by Gasteiger charge is 2.15. The van der Waals surface area contributed by atoms with Crippen LogP contribution in [0.25, 0.3) is 0 Å². The molecule has 0 spiro atoms. The summed E-state index contributed by atoms with van der Waals surface area (Å²) >= 11 is 0. The van der Waals surface area contributed by atoms with E-state index in [-0.39, 0.29) is 36.1 Å². The summed E-state index contributed by atoms with van der Waals surface area (Å²) in [6.45, 7) is -0.0402. The average molecular weight is 354 g/mol. The zero-order valence-electron chi connectivity index (χ0n) is 13.5. The number of nitro benzene ring substituents is 1. The van der Waals surface area contributed by atoms with E-state index in [1.165, 1.54) is 47.3 Å². The van der Waals surface area contributed by atoms with Gasteiger partial charge in [0.05, 0.1) is 11.1 Å². The molecule has 0 saturated carbocycles. The van der Waals surface area contributed by atoms with Crippen LogP contribution in [0.4, 0.5) is 5.69 Å². The molecule has 3 rings (SSSR count). The summed E-state index contributed by atoms with van der Waals surface area (Å²) in [5, 5.41) is 27.9. The van der Waals surface area contributed by atoms with Gasteiger partial charge in [-0.15, -0.1) is 5.10 Å². The number of phenolic OH excluding ortho intramolecular Hbond substituents is 1. The van der Waals surface area contributed by atoms with E-state index in [4.69, 9.17) is 4.74 Å². The zero-order chi connectivity index (χ0) is 18.5. The summed E-state index contributed by atoms with van der Waals surface area (Å²) in [6.07, 6.45) is 1.53. The molecule has 0 atom stereocenters. The van der Waals surface area contributed by atoms with Gasteiger partial charge in [-0.05, 0) is 30.3 Å². The van der Waals surface area contributed by atoms with Crippen molar-refractivity contribution in [2.45, 2.75) is 13.2 Å². The van der Waals surface area contributed by atoms with E-state index in [0.29, 0.717) is 11.3 Å². The molecule has 0 unspecified atom stereocenters. The largest absolute Gasteiger partial charge is 0.508 e. The zero-order valence-corrected chi connectivity index (χ0v) is 13.5. The second kappa shape index (κ2) is 7.43.